The molecule has 3 N–H and O–H groups in total. The molecular weight excluding hydrogens is 348 g/mol. The SMILES string of the molecule is Nc1n[nH]c2nc(-c3ccc(Oc4ccccc4)cc3)cc(C3CCCC3)c12. The molecule has 0 atom stereocenters. The van der Waals surface area contributed by atoms with E-state index in [0.717, 1.165) is 33.8 Å². The van der Waals surface area contributed by atoms with Crippen LogP contribution in [0.15, 0.2) is 60.7 Å². The Balaban J connectivity index is 1.50. The summed E-state index contributed by atoms with van der Waals surface area (Å²) in [6.45, 7) is 0. The average Bonchev–Trinajstić information content (AvgIpc) is 3.39. The van der Waals surface area contributed by atoms with Gasteiger partial charge in [0.1, 0.15) is 11.5 Å². The highest BCUT2D eigenvalue weighted by molar-refractivity contribution is 5.91. The molecule has 1 fully saturated rings. The van der Waals surface area contributed by atoms with Crippen LogP contribution in [-0.2, 0) is 0 Å². The summed E-state index contributed by atoms with van der Waals surface area (Å²) < 4.78 is 5.89. The molecule has 2 aromatic heterocycles. The molecule has 1 saturated carbocycles. The molecule has 1 aliphatic rings. The maximum Gasteiger partial charge on any atom is 0.158 e. The van der Waals surface area contributed by atoms with Crippen LogP contribution in [0.5, 0.6) is 11.5 Å². The predicted octanol–water partition coefficient (Wildman–Crippen LogP) is 5.66. The normalized spacial score (nSPS) is 14.6. The standard InChI is InChI=1S/C23H22N4O/c24-22-21-19(15-6-4-5-7-15)14-20(25-23(21)27-26-22)16-10-12-18(13-11-16)28-17-8-2-1-3-9-17/h1-3,8-15H,4-7H2,(H3,24,25,26,27). The number of para-hydroxylation sites is 1. The van der Waals surface area contributed by atoms with E-state index >= 15 is 0 Å². The Morgan fingerprint density at radius 1 is 0.929 bits per heavy atom. The van der Waals surface area contributed by atoms with Crippen LogP contribution in [0.25, 0.3) is 22.3 Å². The van der Waals surface area contributed by atoms with Gasteiger partial charge >= 0.3 is 0 Å². The summed E-state index contributed by atoms with van der Waals surface area (Å²) in [6, 6.07) is 20.0. The Morgan fingerprint density at radius 2 is 1.64 bits per heavy atom. The van der Waals surface area contributed by atoms with E-state index in [9.17, 15) is 0 Å². The van der Waals surface area contributed by atoms with Gasteiger partial charge in [0, 0.05) is 5.56 Å². The Kier molecular flexibility index (Phi) is 4.20. The van der Waals surface area contributed by atoms with Crippen molar-refractivity contribution in [1.29, 1.82) is 0 Å². The first-order chi connectivity index (χ1) is 13.8. The summed E-state index contributed by atoms with van der Waals surface area (Å²) in [5.74, 6) is 2.71. The largest absolute Gasteiger partial charge is 0.457 e. The number of anilines is 1. The molecule has 2 heterocycles. The molecule has 28 heavy (non-hydrogen) atoms. The number of benzene rings is 2. The summed E-state index contributed by atoms with van der Waals surface area (Å²) in [6.07, 6.45) is 4.94. The highest BCUT2D eigenvalue weighted by Crippen LogP contribution is 2.40. The predicted molar refractivity (Wildman–Crippen MR) is 111 cm³/mol. The molecule has 5 nitrogen and oxygen atoms in total. The van der Waals surface area contributed by atoms with Gasteiger partial charge in [-0.05, 0) is 66.8 Å². The molecular formula is C23H22N4O. The maximum absolute atomic E-state index is 6.13. The van der Waals surface area contributed by atoms with E-state index in [0.29, 0.717) is 11.7 Å². The minimum Gasteiger partial charge on any atom is -0.457 e. The van der Waals surface area contributed by atoms with Crippen molar-refractivity contribution < 1.29 is 4.74 Å². The molecule has 0 unspecified atom stereocenters. The number of hydrogen-bond acceptors (Lipinski definition) is 4. The van der Waals surface area contributed by atoms with E-state index in [-0.39, 0.29) is 0 Å². The minimum atomic E-state index is 0.532. The number of hydrogen-bond donors (Lipinski definition) is 2. The number of nitrogens with zero attached hydrogens (tertiary/aromatic N) is 2. The van der Waals surface area contributed by atoms with E-state index in [4.69, 9.17) is 15.5 Å². The lowest BCUT2D eigenvalue weighted by Gasteiger charge is -2.13. The molecule has 140 valence electrons. The fourth-order valence-electron chi connectivity index (χ4n) is 4.11. The molecule has 0 amide bonds. The molecule has 0 saturated heterocycles. The molecule has 2 aromatic carbocycles. The first-order valence-corrected chi connectivity index (χ1v) is 9.76. The third-order valence-electron chi connectivity index (χ3n) is 5.51. The first-order valence-electron chi connectivity index (χ1n) is 9.76. The van der Waals surface area contributed by atoms with Gasteiger partial charge in [-0.15, -0.1) is 0 Å². The molecule has 5 rings (SSSR count). The van der Waals surface area contributed by atoms with E-state index in [2.05, 4.69) is 16.3 Å². The van der Waals surface area contributed by atoms with Crippen LogP contribution in [0.3, 0.4) is 0 Å². The molecule has 1 aliphatic carbocycles. The fourth-order valence-corrected chi connectivity index (χ4v) is 4.11. The number of nitrogens with two attached hydrogens (primary N) is 1. The van der Waals surface area contributed by atoms with Crippen molar-refractivity contribution in [3.8, 4) is 22.8 Å². The number of aromatic amines is 1. The van der Waals surface area contributed by atoms with Crippen molar-refractivity contribution >= 4 is 16.9 Å². The van der Waals surface area contributed by atoms with Gasteiger partial charge in [-0.2, -0.15) is 5.10 Å². The zero-order valence-corrected chi connectivity index (χ0v) is 15.6. The third-order valence-corrected chi connectivity index (χ3v) is 5.51. The summed E-state index contributed by atoms with van der Waals surface area (Å²) in [5.41, 5.74) is 10.1. The lowest BCUT2D eigenvalue weighted by molar-refractivity contribution is 0.483. The van der Waals surface area contributed by atoms with Gasteiger partial charge in [-0.25, -0.2) is 4.98 Å². The highest BCUT2D eigenvalue weighted by Gasteiger charge is 2.23. The highest BCUT2D eigenvalue weighted by atomic mass is 16.5. The van der Waals surface area contributed by atoms with Crippen LogP contribution in [0.1, 0.15) is 37.2 Å². The zero-order valence-electron chi connectivity index (χ0n) is 15.6. The van der Waals surface area contributed by atoms with Crippen LogP contribution in [-0.4, -0.2) is 15.2 Å². The Hall–Kier alpha value is -3.34. The van der Waals surface area contributed by atoms with Crippen LogP contribution >= 0.6 is 0 Å². The van der Waals surface area contributed by atoms with E-state index in [1.807, 2.05) is 54.6 Å². The number of rotatable bonds is 4. The average molecular weight is 370 g/mol. The topological polar surface area (TPSA) is 76.8 Å². The van der Waals surface area contributed by atoms with E-state index < -0.39 is 0 Å². The number of pyridine rings is 1. The lowest BCUT2D eigenvalue weighted by Crippen LogP contribution is -1.98. The van der Waals surface area contributed by atoms with E-state index in [1.54, 1.807) is 0 Å². The monoisotopic (exact) mass is 370 g/mol. The van der Waals surface area contributed by atoms with Crippen molar-refractivity contribution in [2.45, 2.75) is 31.6 Å². The number of fused-ring (bicyclic) bond motifs is 1. The van der Waals surface area contributed by atoms with Crippen molar-refractivity contribution in [3.05, 3.63) is 66.2 Å². The quantitative estimate of drug-likeness (QED) is 0.486. The molecule has 0 radical (unpaired) electrons. The smallest absolute Gasteiger partial charge is 0.158 e. The van der Waals surface area contributed by atoms with E-state index in [1.165, 1.54) is 31.2 Å². The molecule has 0 spiro atoms. The van der Waals surface area contributed by atoms with Crippen LogP contribution in [0, 0.1) is 0 Å². The summed E-state index contributed by atoms with van der Waals surface area (Å²) in [7, 11) is 0. The second kappa shape index (κ2) is 7.00. The van der Waals surface area contributed by atoms with Crippen molar-refractivity contribution in [1.82, 2.24) is 15.2 Å². The number of nitrogen functional groups attached to an aromatic ring is 1. The van der Waals surface area contributed by atoms with Crippen LogP contribution < -0.4 is 10.5 Å². The number of H-pyrrole nitrogens is 1. The Bertz CT molecular complexity index is 1100. The molecule has 0 bridgehead atoms. The van der Waals surface area contributed by atoms with Gasteiger partial charge in [0.25, 0.3) is 0 Å². The number of aromatic nitrogens is 3. The number of nitrogens with one attached hydrogen (secondary N) is 1. The summed E-state index contributed by atoms with van der Waals surface area (Å²) in [5, 5.41) is 8.17. The lowest BCUT2D eigenvalue weighted by atomic mass is 9.94. The first kappa shape index (κ1) is 16.8. The Labute approximate surface area is 163 Å². The van der Waals surface area contributed by atoms with Crippen LogP contribution in [0.2, 0.25) is 0 Å². The van der Waals surface area contributed by atoms with Gasteiger partial charge in [-0.3, -0.25) is 5.10 Å². The second-order valence-electron chi connectivity index (χ2n) is 7.35. The van der Waals surface area contributed by atoms with Crippen molar-refractivity contribution in [3.63, 3.8) is 0 Å². The van der Waals surface area contributed by atoms with Crippen LogP contribution in [0.4, 0.5) is 5.82 Å². The van der Waals surface area contributed by atoms with Gasteiger partial charge < -0.3 is 10.5 Å². The maximum atomic E-state index is 6.13. The van der Waals surface area contributed by atoms with Gasteiger partial charge in [-0.1, -0.05) is 31.0 Å². The summed E-state index contributed by atoms with van der Waals surface area (Å²) >= 11 is 0. The fraction of sp³-hybridized carbons (Fsp3) is 0.217. The third kappa shape index (κ3) is 3.09. The Morgan fingerprint density at radius 3 is 2.39 bits per heavy atom. The van der Waals surface area contributed by atoms with Gasteiger partial charge in [0.15, 0.2) is 11.5 Å². The molecule has 4 aromatic rings. The van der Waals surface area contributed by atoms with Gasteiger partial charge in [0.05, 0.1) is 11.1 Å². The molecule has 5 heteroatoms. The van der Waals surface area contributed by atoms with Crippen molar-refractivity contribution in [2.24, 2.45) is 0 Å². The molecule has 0 aliphatic heterocycles. The minimum absolute atomic E-state index is 0.532. The number of ether oxygens (including phenoxy) is 1. The summed E-state index contributed by atoms with van der Waals surface area (Å²) in [4.78, 5) is 4.77. The second-order valence-corrected chi connectivity index (χ2v) is 7.35. The van der Waals surface area contributed by atoms with Crippen molar-refractivity contribution in [2.75, 3.05) is 5.73 Å². The zero-order chi connectivity index (χ0) is 18.9. The van der Waals surface area contributed by atoms with Gasteiger partial charge in [0.2, 0.25) is 0 Å².